The molecule has 1 amide bonds. The van der Waals surface area contributed by atoms with Gasteiger partial charge in [-0.25, -0.2) is 0 Å². The molecule has 0 fully saturated rings. The highest BCUT2D eigenvalue weighted by Gasteiger charge is 2.12. The lowest BCUT2D eigenvalue weighted by Crippen LogP contribution is -2.14. The minimum absolute atomic E-state index is 0.327. The van der Waals surface area contributed by atoms with E-state index in [2.05, 4.69) is 11.9 Å². The summed E-state index contributed by atoms with van der Waals surface area (Å²) < 4.78 is 0. The molecule has 0 spiro atoms. The fraction of sp³-hybridized carbons (Fsp3) is 0.143. The number of pyridine rings is 1. The summed E-state index contributed by atoms with van der Waals surface area (Å²) in [6, 6.07) is 11.7. The SMILES string of the molecule is CCc1ccccc1-c1cccnc1C(N)=O. The molecule has 0 saturated carbocycles. The second kappa shape index (κ2) is 4.78. The number of carbonyl (C=O) groups excluding carboxylic acids is 1. The molecule has 0 saturated heterocycles. The van der Waals surface area contributed by atoms with Crippen LogP contribution < -0.4 is 5.73 Å². The monoisotopic (exact) mass is 226 g/mol. The Morgan fingerprint density at radius 2 is 1.88 bits per heavy atom. The average molecular weight is 226 g/mol. The molecule has 2 aromatic rings. The first-order valence-corrected chi connectivity index (χ1v) is 5.57. The van der Waals surface area contributed by atoms with Gasteiger partial charge in [-0.3, -0.25) is 9.78 Å². The van der Waals surface area contributed by atoms with E-state index in [4.69, 9.17) is 5.73 Å². The van der Waals surface area contributed by atoms with E-state index in [-0.39, 0.29) is 0 Å². The van der Waals surface area contributed by atoms with Crippen LogP contribution in [0.15, 0.2) is 42.6 Å². The molecule has 3 nitrogen and oxygen atoms in total. The summed E-state index contributed by atoms with van der Waals surface area (Å²) in [6.45, 7) is 2.08. The second-order valence-corrected chi connectivity index (χ2v) is 3.77. The fourth-order valence-corrected chi connectivity index (χ4v) is 1.91. The maximum atomic E-state index is 11.4. The van der Waals surface area contributed by atoms with E-state index >= 15 is 0 Å². The smallest absolute Gasteiger partial charge is 0.267 e. The zero-order valence-corrected chi connectivity index (χ0v) is 9.68. The van der Waals surface area contributed by atoms with Crippen molar-refractivity contribution in [3.63, 3.8) is 0 Å². The number of aromatic nitrogens is 1. The molecule has 1 heterocycles. The molecule has 0 bridgehead atoms. The van der Waals surface area contributed by atoms with Gasteiger partial charge in [-0.15, -0.1) is 0 Å². The number of rotatable bonds is 3. The summed E-state index contributed by atoms with van der Waals surface area (Å²) in [5.74, 6) is -0.494. The molecule has 17 heavy (non-hydrogen) atoms. The van der Waals surface area contributed by atoms with E-state index in [0.717, 1.165) is 17.5 Å². The Kier molecular flexibility index (Phi) is 3.19. The maximum Gasteiger partial charge on any atom is 0.267 e. The van der Waals surface area contributed by atoms with Gasteiger partial charge in [0.25, 0.3) is 5.91 Å². The first kappa shape index (κ1) is 11.3. The largest absolute Gasteiger partial charge is 0.364 e. The third kappa shape index (κ3) is 2.18. The van der Waals surface area contributed by atoms with Gasteiger partial charge in [-0.2, -0.15) is 0 Å². The Hall–Kier alpha value is -2.16. The van der Waals surface area contributed by atoms with Crippen molar-refractivity contribution in [3.8, 4) is 11.1 Å². The van der Waals surface area contributed by atoms with Crippen molar-refractivity contribution in [2.75, 3.05) is 0 Å². The number of nitrogens with zero attached hydrogens (tertiary/aromatic N) is 1. The molecule has 0 unspecified atom stereocenters. The van der Waals surface area contributed by atoms with Crippen molar-refractivity contribution >= 4 is 5.91 Å². The Morgan fingerprint density at radius 3 is 2.59 bits per heavy atom. The Labute approximate surface area is 100 Å². The molecule has 0 aliphatic heterocycles. The van der Waals surface area contributed by atoms with Crippen molar-refractivity contribution in [2.24, 2.45) is 5.73 Å². The third-order valence-corrected chi connectivity index (χ3v) is 2.73. The van der Waals surface area contributed by atoms with Crippen LogP contribution in [0.3, 0.4) is 0 Å². The van der Waals surface area contributed by atoms with Crippen LogP contribution in [0.4, 0.5) is 0 Å². The molecule has 0 aliphatic rings. The molecule has 86 valence electrons. The highest BCUT2D eigenvalue weighted by atomic mass is 16.1. The van der Waals surface area contributed by atoms with E-state index in [0.29, 0.717) is 5.69 Å². The van der Waals surface area contributed by atoms with Crippen LogP contribution in [0.1, 0.15) is 23.0 Å². The van der Waals surface area contributed by atoms with E-state index < -0.39 is 5.91 Å². The molecular formula is C14H14N2O. The fourth-order valence-electron chi connectivity index (χ4n) is 1.91. The number of amides is 1. The minimum Gasteiger partial charge on any atom is -0.364 e. The van der Waals surface area contributed by atoms with Crippen molar-refractivity contribution in [2.45, 2.75) is 13.3 Å². The number of carbonyl (C=O) groups is 1. The van der Waals surface area contributed by atoms with Gasteiger partial charge < -0.3 is 5.73 Å². The van der Waals surface area contributed by atoms with Gasteiger partial charge >= 0.3 is 0 Å². The summed E-state index contributed by atoms with van der Waals surface area (Å²) in [4.78, 5) is 15.4. The zero-order chi connectivity index (χ0) is 12.3. The van der Waals surface area contributed by atoms with Crippen LogP contribution in [0.25, 0.3) is 11.1 Å². The number of primary amides is 1. The summed E-state index contributed by atoms with van der Waals surface area (Å²) in [5.41, 5.74) is 8.68. The molecule has 0 atom stereocenters. The maximum absolute atomic E-state index is 11.4. The van der Waals surface area contributed by atoms with E-state index in [1.807, 2.05) is 36.4 Å². The summed E-state index contributed by atoms with van der Waals surface area (Å²) >= 11 is 0. The molecule has 1 aromatic carbocycles. The number of hydrogen-bond donors (Lipinski definition) is 1. The normalized spacial score (nSPS) is 10.2. The van der Waals surface area contributed by atoms with Gasteiger partial charge in [-0.1, -0.05) is 37.3 Å². The predicted octanol–water partition coefficient (Wildman–Crippen LogP) is 2.41. The van der Waals surface area contributed by atoms with Crippen molar-refractivity contribution in [1.82, 2.24) is 4.98 Å². The third-order valence-electron chi connectivity index (χ3n) is 2.73. The van der Waals surface area contributed by atoms with Crippen LogP contribution in [-0.4, -0.2) is 10.9 Å². The molecular weight excluding hydrogens is 212 g/mol. The van der Waals surface area contributed by atoms with Gasteiger partial charge in [0.15, 0.2) is 0 Å². The first-order chi connectivity index (χ1) is 8.24. The molecule has 2 N–H and O–H groups in total. The Balaban J connectivity index is 2.64. The lowest BCUT2D eigenvalue weighted by molar-refractivity contribution is 0.0996. The summed E-state index contributed by atoms with van der Waals surface area (Å²) in [6.07, 6.45) is 2.49. The van der Waals surface area contributed by atoms with E-state index in [1.54, 1.807) is 6.20 Å². The zero-order valence-electron chi connectivity index (χ0n) is 9.68. The second-order valence-electron chi connectivity index (χ2n) is 3.77. The number of benzene rings is 1. The summed E-state index contributed by atoms with van der Waals surface area (Å²) in [7, 11) is 0. The van der Waals surface area contributed by atoms with Crippen molar-refractivity contribution in [3.05, 3.63) is 53.9 Å². The average Bonchev–Trinajstić information content (AvgIpc) is 2.38. The van der Waals surface area contributed by atoms with E-state index in [9.17, 15) is 4.79 Å². The van der Waals surface area contributed by atoms with Crippen LogP contribution in [0.5, 0.6) is 0 Å². The van der Waals surface area contributed by atoms with Crippen LogP contribution in [-0.2, 0) is 6.42 Å². The van der Waals surface area contributed by atoms with Crippen molar-refractivity contribution < 1.29 is 4.79 Å². The van der Waals surface area contributed by atoms with Gasteiger partial charge in [0.1, 0.15) is 5.69 Å². The lowest BCUT2D eigenvalue weighted by Gasteiger charge is -2.10. The molecule has 0 aliphatic carbocycles. The molecule has 3 heteroatoms. The van der Waals surface area contributed by atoms with Gasteiger partial charge in [0.05, 0.1) is 0 Å². The predicted molar refractivity (Wildman–Crippen MR) is 67.6 cm³/mol. The number of nitrogens with two attached hydrogens (primary N) is 1. The molecule has 0 radical (unpaired) electrons. The van der Waals surface area contributed by atoms with Gasteiger partial charge in [-0.05, 0) is 23.6 Å². The van der Waals surface area contributed by atoms with Crippen LogP contribution in [0.2, 0.25) is 0 Å². The van der Waals surface area contributed by atoms with Crippen LogP contribution in [0, 0.1) is 0 Å². The van der Waals surface area contributed by atoms with Gasteiger partial charge in [0.2, 0.25) is 0 Å². The van der Waals surface area contributed by atoms with E-state index in [1.165, 1.54) is 5.56 Å². The Bertz CT molecular complexity index is 549. The van der Waals surface area contributed by atoms with Crippen LogP contribution >= 0.6 is 0 Å². The standard InChI is InChI=1S/C14H14N2O/c1-2-10-6-3-4-7-11(10)12-8-5-9-16-13(12)14(15)17/h3-9H,2H2,1H3,(H2,15,17). The number of hydrogen-bond acceptors (Lipinski definition) is 2. The molecule has 2 rings (SSSR count). The topological polar surface area (TPSA) is 56.0 Å². The lowest BCUT2D eigenvalue weighted by atomic mass is 9.97. The quantitative estimate of drug-likeness (QED) is 0.873. The molecule has 1 aromatic heterocycles. The first-order valence-electron chi connectivity index (χ1n) is 5.57. The number of aryl methyl sites for hydroxylation is 1. The van der Waals surface area contributed by atoms with Crippen molar-refractivity contribution in [1.29, 1.82) is 0 Å². The Morgan fingerprint density at radius 1 is 1.18 bits per heavy atom. The van der Waals surface area contributed by atoms with Gasteiger partial charge in [0, 0.05) is 11.8 Å². The highest BCUT2D eigenvalue weighted by Crippen LogP contribution is 2.26. The summed E-state index contributed by atoms with van der Waals surface area (Å²) in [5, 5.41) is 0. The minimum atomic E-state index is -0.494. The highest BCUT2D eigenvalue weighted by molar-refractivity contribution is 5.98.